The van der Waals surface area contributed by atoms with Crippen LogP contribution in [0.5, 0.6) is 0 Å². The lowest BCUT2D eigenvalue weighted by Crippen LogP contribution is -2.48. The molecule has 0 aromatic carbocycles. The van der Waals surface area contributed by atoms with Gasteiger partial charge in [0.1, 0.15) is 0 Å². The fourth-order valence-electron chi connectivity index (χ4n) is 2.74. The van der Waals surface area contributed by atoms with Crippen molar-refractivity contribution in [1.82, 2.24) is 5.32 Å². The van der Waals surface area contributed by atoms with Crippen LogP contribution in [0.1, 0.15) is 59.8 Å². The third kappa shape index (κ3) is 5.07. The van der Waals surface area contributed by atoms with Gasteiger partial charge in [-0.1, -0.05) is 34.1 Å². The van der Waals surface area contributed by atoms with Crippen LogP contribution < -0.4 is 11.1 Å². The predicted octanol–water partition coefficient (Wildman–Crippen LogP) is 2.44. The van der Waals surface area contributed by atoms with Crippen molar-refractivity contribution in [2.24, 2.45) is 17.1 Å². The van der Waals surface area contributed by atoms with E-state index in [1.54, 1.807) is 0 Å². The molecule has 1 aliphatic carbocycles. The van der Waals surface area contributed by atoms with Gasteiger partial charge in [0.2, 0.25) is 5.91 Å². The lowest BCUT2D eigenvalue weighted by molar-refractivity contribution is -0.123. The van der Waals surface area contributed by atoms with Crippen molar-refractivity contribution in [2.45, 2.75) is 71.9 Å². The molecule has 1 fully saturated rings. The van der Waals surface area contributed by atoms with E-state index in [4.69, 9.17) is 5.73 Å². The Hall–Kier alpha value is -0.570. The van der Waals surface area contributed by atoms with Crippen LogP contribution in [0.2, 0.25) is 0 Å². The summed E-state index contributed by atoms with van der Waals surface area (Å²) in [5.74, 6) is 0.500. The minimum absolute atomic E-state index is 0.0291. The van der Waals surface area contributed by atoms with Crippen molar-refractivity contribution in [3.8, 4) is 0 Å². The minimum atomic E-state index is -0.347. The molecular formula is C14H28N2O. The molecule has 1 saturated carbocycles. The number of carbonyl (C=O) groups excluding carboxylic acids is 1. The number of rotatable bonds is 4. The Morgan fingerprint density at radius 3 is 2.65 bits per heavy atom. The second-order valence-electron chi connectivity index (χ2n) is 6.70. The molecule has 0 aliphatic heterocycles. The molecule has 0 saturated heterocycles. The minimum Gasteiger partial charge on any atom is -0.352 e. The van der Waals surface area contributed by atoms with Gasteiger partial charge in [-0.25, -0.2) is 0 Å². The van der Waals surface area contributed by atoms with Gasteiger partial charge >= 0.3 is 0 Å². The summed E-state index contributed by atoms with van der Waals surface area (Å²) in [4.78, 5) is 11.9. The Labute approximate surface area is 106 Å². The molecular weight excluding hydrogens is 212 g/mol. The quantitative estimate of drug-likeness (QED) is 0.793. The second kappa shape index (κ2) is 5.85. The van der Waals surface area contributed by atoms with Gasteiger partial charge in [-0.2, -0.15) is 0 Å². The molecule has 3 N–H and O–H groups in total. The van der Waals surface area contributed by atoms with E-state index in [9.17, 15) is 4.79 Å². The smallest absolute Gasteiger partial charge is 0.237 e. The van der Waals surface area contributed by atoms with Gasteiger partial charge in [0.15, 0.2) is 0 Å². The monoisotopic (exact) mass is 240 g/mol. The predicted molar refractivity (Wildman–Crippen MR) is 71.6 cm³/mol. The molecule has 3 heteroatoms. The van der Waals surface area contributed by atoms with Gasteiger partial charge in [0, 0.05) is 6.04 Å². The molecule has 1 unspecified atom stereocenters. The summed E-state index contributed by atoms with van der Waals surface area (Å²) in [5.41, 5.74) is 6.25. The Balaban J connectivity index is 2.40. The first-order valence-corrected chi connectivity index (χ1v) is 6.86. The Morgan fingerprint density at radius 2 is 2.12 bits per heavy atom. The summed E-state index contributed by atoms with van der Waals surface area (Å²) in [6.07, 6.45) is 5.41. The van der Waals surface area contributed by atoms with E-state index in [2.05, 4.69) is 33.0 Å². The molecule has 0 spiro atoms. The maximum absolute atomic E-state index is 11.9. The van der Waals surface area contributed by atoms with Crippen molar-refractivity contribution in [1.29, 1.82) is 0 Å². The number of hydrogen-bond acceptors (Lipinski definition) is 2. The van der Waals surface area contributed by atoms with Crippen LogP contribution in [0.4, 0.5) is 0 Å². The largest absolute Gasteiger partial charge is 0.352 e. The molecule has 0 bridgehead atoms. The standard InChI is InChI=1S/C14H28N2O/c1-10(2)8-12(15)13(17)16-11-6-5-7-14(3,4)9-11/h10-12H,5-9,15H2,1-4H3,(H,16,17)/t11?,12-/m1/s1. The van der Waals surface area contributed by atoms with Crippen LogP contribution in [0.25, 0.3) is 0 Å². The Bertz CT molecular complexity index is 261. The van der Waals surface area contributed by atoms with Crippen molar-refractivity contribution in [3.63, 3.8) is 0 Å². The van der Waals surface area contributed by atoms with Crippen LogP contribution in [0.15, 0.2) is 0 Å². The molecule has 3 nitrogen and oxygen atoms in total. The number of nitrogens with one attached hydrogen (secondary N) is 1. The van der Waals surface area contributed by atoms with Crippen LogP contribution >= 0.6 is 0 Å². The zero-order valence-electron chi connectivity index (χ0n) is 11.8. The van der Waals surface area contributed by atoms with E-state index in [0.717, 1.165) is 19.3 Å². The second-order valence-corrected chi connectivity index (χ2v) is 6.70. The van der Waals surface area contributed by atoms with E-state index in [-0.39, 0.29) is 11.9 Å². The molecule has 2 atom stereocenters. The topological polar surface area (TPSA) is 55.1 Å². The zero-order valence-corrected chi connectivity index (χ0v) is 11.8. The fraction of sp³-hybridized carbons (Fsp3) is 0.929. The van der Waals surface area contributed by atoms with Crippen LogP contribution in [0.3, 0.4) is 0 Å². The molecule has 1 aliphatic rings. The molecule has 0 radical (unpaired) electrons. The van der Waals surface area contributed by atoms with Gasteiger partial charge in [-0.3, -0.25) is 4.79 Å². The number of nitrogens with two attached hydrogens (primary N) is 1. The molecule has 0 aromatic rings. The van der Waals surface area contributed by atoms with E-state index in [0.29, 0.717) is 17.4 Å². The molecule has 0 aromatic heterocycles. The van der Waals surface area contributed by atoms with Crippen molar-refractivity contribution >= 4 is 5.91 Å². The highest BCUT2D eigenvalue weighted by Gasteiger charge is 2.29. The summed E-state index contributed by atoms with van der Waals surface area (Å²) in [6.45, 7) is 8.74. The van der Waals surface area contributed by atoms with Gasteiger partial charge in [0.05, 0.1) is 6.04 Å². The third-order valence-corrected chi connectivity index (χ3v) is 3.61. The normalized spacial score (nSPS) is 25.6. The number of carbonyl (C=O) groups is 1. The van der Waals surface area contributed by atoms with E-state index < -0.39 is 0 Å². The van der Waals surface area contributed by atoms with Crippen LogP contribution in [0, 0.1) is 11.3 Å². The third-order valence-electron chi connectivity index (χ3n) is 3.61. The van der Waals surface area contributed by atoms with E-state index >= 15 is 0 Å². The number of hydrogen-bond donors (Lipinski definition) is 2. The number of amides is 1. The van der Waals surface area contributed by atoms with E-state index in [1.165, 1.54) is 12.8 Å². The summed E-state index contributed by atoms with van der Waals surface area (Å²) >= 11 is 0. The van der Waals surface area contributed by atoms with Gasteiger partial charge in [-0.05, 0) is 37.0 Å². The van der Waals surface area contributed by atoms with Crippen molar-refractivity contribution < 1.29 is 4.79 Å². The molecule has 1 amide bonds. The first-order valence-electron chi connectivity index (χ1n) is 6.86. The maximum Gasteiger partial charge on any atom is 0.237 e. The summed E-state index contributed by atoms with van der Waals surface area (Å²) < 4.78 is 0. The van der Waals surface area contributed by atoms with Crippen LogP contribution in [-0.4, -0.2) is 18.0 Å². The average molecular weight is 240 g/mol. The fourth-order valence-corrected chi connectivity index (χ4v) is 2.74. The first kappa shape index (κ1) is 14.5. The SMILES string of the molecule is CC(C)C[C@@H](N)C(=O)NC1CCCC(C)(C)C1. The van der Waals surface area contributed by atoms with Crippen LogP contribution in [-0.2, 0) is 4.79 Å². The highest BCUT2D eigenvalue weighted by atomic mass is 16.2. The van der Waals surface area contributed by atoms with Gasteiger partial charge in [0.25, 0.3) is 0 Å². The summed E-state index contributed by atoms with van der Waals surface area (Å²) in [6, 6.07) is -0.0236. The zero-order chi connectivity index (χ0) is 13.1. The maximum atomic E-state index is 11.9. The summed E-state index contributed by atoms with van der Waals surface area (Å²) in [5, 5.41) is 3.12. The van der Waals surface area contributed by atoms with Crippen molar-refractivity contribution in [3.05, 3.63) is 0 Å². The lowest BCUT2D eigenvalue weighted by Gasteiger charge is -2.36. The molecule has 100 valence electrons. The van der Waals surface area contributed by atoms with Crippen molar-refractivity contribution in [2.75, 3.05) is 0 Å². The van der Waals surface area contributed by atoms with Gasteiger partial charge in [-0.15, -0.1) is 0 Å². The highest BCUT2D eigenvalue weighted by Crippen LogP contribution is 2.35. The van der Waals surface area contributed by atoms with Gasteiger partial charge < -0.3 is 11.1 Å². The summed E-state index contributed by atoms with van der Waals surface area (Å²) in [7, 11) is 0. The lowest BCUT2D eigenvalue weighted by atomic mass is 9.75. The van der Waals surface area contributed by atoms with E-state index in [1.807, 2.05) is 0 Å². The first-order chi connectivity index (χ1) is 7.80. The highest BCUT2D eigenvalue weighted by molar-refractivity contribution is 5.81. The Kier molecular flexibility index (Phi) is 4.99. The Morgan fingerprint density at radius 1 is 1.47 bits per heavy atom. The molecule has 1 rings (SSSR count). The molecule has 0 heterocycles. The molecule has 17 heavy (non-hydrogen) atoms. The average Bonchev–Trinajstić information content (AvgIpc) is 2.14.